The molecule has 1 rings (SSSR count). The van der Waals surface area contributed by atoms with Gasteiger partial charge in [0.05, 0.1) is 6.42 Å². The predicted octanol–water partition coefficient (Wildman–Crippen LogP) is 2.54. The van der Waals surface area contributed by atoms with Gasteiger partial charge in [0, 0.05) is 6.54 Å². The number of carbonyl (C=O) groups excluding carboxylic acids is 1. The zero-order chi connectivity index (χ0) is 12.0. The van der Waals surface area contributed by atoms with Crippen molar-refractivity contribution in [2.75, 3.05) is 6.54 Å². The maximum absolute atomic E-state index is 13.4. The predicted molar refractivity (Wildman–Crippen MR) is 63.5 cm³/mol. The summed E-state index contributed by atoms with van der Waals surface area (Å²) < 4.78 is 13.4. The first-order valence-corrected chi connectivity index (χ1v) is 5.35. The van der Waals surface area contributed by atoms with E-state index in [0.29, 0.717) is 12.1 Å². The fourth-order valence-electron chi connectivity index (χ4n) is 1.36. The third-order valence-electron chi connectivity index (χ3n) is 2.23. The highest BCUT2D eigenvalue weighted by atomic mass is 19.1. The molecule has 2 nitrogen and oxygen atoms in total. The molecule has 0 spiro atoms. The van der Waals surface area contributed by atoms with Gasteiger partial charge in [-0.15, -0.1) is 0 Å². The fraction of sp³-hybridized carbons (Fsp3) is 0.308. The SMILES string of the molecule is C=Cc1ccc(F)c(CC(=O)NCCC)c1. The van der Waals surface area contributed by atoms with Crippen molar-refractivity contribution in [2.45, 2.75) is 19.8 Å². The Morgan fingerprint density at radius 3 is 2.94 bits per heavy atom. The lowest BCUT2D eigenvalue weighted by Crippen LogP contribution is -2.26. The van der Waals surface area contributed by atoms with E-state index in [9.17, 15) is 9.18 Å². The van der Waals surface area contributed by atoms with E-state index in [1.807, 2.05) is 6.92 Å². The Balaban J connectivity index is 2.71. The molecule has 0 radical (unpaired) electrons. The lowest BCUT2D eigenvalue weighted by atomic mass is 10.1. The van der Waals surface area contributed by atoms with Crippen LogP contribution in [-0.4, -0.2) is 12.5 Å². The molecule has 0 bridgehead atoms. The van der Waals surface area contributed by atoms with Gasteiger partial charge in [0.2, 0.25) is 5.91 Å². The number of hydrogen-bond donors (Lipinski definition) is 1. The van der Waals surface area contributed by atoms with Gasteiger partial charge >= 0.3 is 0 Å². The molecule has 0 saturated carbocycles. The highest BCUT2D eigenvalue weighted by Gasteiger charge is 2.07. The van der Waals surface area contributed by atoms with Gasteiger partial charge in [-0.05, 0) is 29.7 Å². The summed E-state index contributed by atoms with van der Waals surface area (Å²) in [5.41, 5.74) is 1.23. The largest absolute Gasteiger partial charge is 0.356 e. The second kappa shape index (κ2) is 6.05. The van der Waals surface area contributed by atoms with Crippen LogP contribution < -0.4 is 5.32 Å². The first-order chi connectivity index (χ1) is 7.67. The average molecular weight is 221 g/mol. The van der Waals surface area contributed by atoms with Gasteiger partial charge in [-0.3, -0.25) is 4.79 Å². The van der Waals surface area contributed by atoms with E-state index in [1.165, 1.54) is 6.07 Å². The van der Waals surface area contributed by atoms with Gasteiger partial charge in [-0.2, -0.15) is 0 Å². The van der Waals surface area contributed by atoms with Crippen molar-refractivity contribution in [3.8, 4) is 0 Å². The molecule has 0 unspecified atom stereocenters. The zero-order valence-electron chi connectivity index (χ0n) is 9.42. The molecule has 0 fully saturated rings. The van der Waals surface area contributed by atoms with Crippen molar-refractivity contribution in [3.05, 3.63) is 41.7 Å². The van der Waals surface area contributed by atoms with Crippen molar-refractivity contribution in [2.24, 2.45) is 0 Å². The number of carbonyl (C=O) groups is 1. The summed E-state index contributed by atoms with van der Waals surface area (Å²) in [5, 5.41) is 2.71. The van der Waals surface area contributed by atoms with Gasteiger partial charge in [-0.1, -0.05) is 25.6 Å². The van der Waals surface area contributed by atoms with Crippen LogP contribution in [0.15, 0.2) is 24.8 Å². The van der Waals surface area contributed by atoms with E-state index < -0.39 is 0 Å². The quantitative estimate of drug-likeness (QED) is 0.813. The molecule has 0 aliphatic rings. The maximum Gasteiger partial charge on any atom is 0.224 e. The average Bonchev–Trinajstić information content (AvgIpc) is 2.29. The fourth-order valence-corrected chi connectivity index (χ4v) is 1.36. The van der Waals surface area contributed by atoms with E-state index in [-0.39, 0.29) is 18.1 Å². The van der Waals surface area contributed by atoms with E-state index in [2.05, 4.69) is 11.9 Å². The number of amides is 1. The molecule has 1 amide bonds. The molecule has 0 heterocycles. The van der Waals surface area contributed by atoms with Crippen LogP contribution in [0.2, 0.25) is 0 Å². The minimum atomic E-state index is -0.350. The number of rotatable bonds is 5. The third kappa shape index (κ3) is 3.50. The van der Waals surface area contributed by atoms with Crippen LogP contribution in [0.4, 0.5) is 4.39 Å². The highest BCUT2D eigenvalue weighted by Crippen LogP contribution is 2.12. The molecule has 3 heteroatoms. The first-order valence-electron chi connectivity index (χ1n) is 5.35. The number of benzene rings is 1. The second-order valence-corrected chi connectivity index (χ2v) is 3.58. The van der Waals surface area contributed by atoms with Crippen LogP contribution >= 0.6 is 0 Å². The van der Waals surface area contributed by atoms with Gasteiger partial charge in [0.15, 0.2) is 0 Å². The molecule has 1 aromatic carbocycles. The van der Waals surface area contributed by atoms with Gasteiger partial charge in [0.1, 0.15) is 5.82 Å². The highest BCUT2D eigenvalue weighted by molar-refractivity contribution is 5.78. The molecule has 0 aliphatic carbocycles. The molecular weight excluding hydrogens is 205 g/mol. The standard InChI is InChI=1S/C13H16FNO/c1-3-7-15-13(16)9-11-8-10(4-2)5-6-12(11)14/h4-6,8H,2-3,7,9H2,1H3,(H,15,16). The van der Waals surface area contributed by atoms with Crippen molar-refractivity contribution in [3.63, 3.8) is 0 Å². The molecule has 0 aliphatic heterocycles. The van der Waals surface area contributed by atoms with Gasteiger partial charge in [0.25, 0.3) is 0 Å². The zero-order valence-corrected chi connectivity index (χ0v) is 9.42. The number of halogens is 1. The molecule has 1 N–H and O–H groups in total. The van der Waals surface area contributed by atoms with Crippen LogP contribution in [0.5, 0.6) is 0 Å². The minimum Gasteiger partial charge on any atom is -0.356 e. The van der Waals surface area contributed by atoms with E-state index in [1.54, 1.807) is 18.2 Å². The van der Waals surface area contributed by atoms with E-state index in [0.717, 1.165) is 12.0 Å². The topological polar surface area (TPSA) is 29.1 Å². The molecular formula is C13H16FNO. The summed E-state index contributed by atoms with van der Waals surface area (Å²) in [6, 6.07) is 4.64. The third-order valence-corrected chi connectivity index (χ3v) is 2.23. The van der Waals surface area contributed by atoms with Gasteiger partial charge in [-0.25, -0.2) is 4.39 Å². The molecule has 0 saturated heterocycles. The Kier molecular flexibility index (Phi) is 4.70. The summed E-state index contributed by atoms with van der Waals surface area (Å²) in [6.07, 6.45) is 2.58. The van der Waals surface area contributed by atoms with Crippen LogP contribution in [0.25, 0.3) is 6.08 Å². The summed E-state index contributed by atoms with van der Waals surface area (Å²) >= 11 is 0. The normalized spacial score (nSPS) is 9.88. The summed E-state index contributed by atoms with van der Waals surface area (Å²) in [4.78, 5) is 11.4. The summed E-state index contributed by atoms with van der Waals surface area (Å²) in [5.74, 6) is -0.501. The Bertz CT molecular complexity index is 388. The lowest BCUT2D eigenvalue weighted by molar-refractivity contribution is -0.120. The van der Waals surface area contributed by atoms with Crippen molar-refractivity contribution < 1.29 is 9.18 Å². The van der Waals surface area contributed by atoms with Crippen LogP contribution in [0.1, 0.15) is 24.5 Å². The van der Waals surface area contributed by atoms with Crippen LogP contribution in [-0.2, 0) is 11.2 Å². The van der Waals surface area contributed by atoms with Crippen LogP contribution in [0.3, 0.4) is 0 Å². The van der Waals surface area contributed by atoms with Crippen molar-refractivity contribution >= 4 is 12.0 Å². The number of nitrogens with one attached hydrogen (secondary N) is 1. The Morgan fingerprint density at radius 1 is 1.56 bits per heavy atom. The van der Waals surface area contributed by atoms with Crippen molar-refractivity contribution in [1.82, 2.24) is 5.32 Å². The smallest absolute Gasteiger partial charge is 0.224 e. The summed E-state index contributed by atoms with van der Waals surface area (Å²) in [6.45, 7) is 6.21. The first kappa shape index (κ1) is 12.4. The van der Waals surface area contributed by atoms with E-state index >= 15 is 0 Å². The molecule has 0 atom stereocenters. The Morgan fingerprint density at radius 2 is 2.31 bits per heavy atom. The molecule has 16 heavy (non-hydrogen) atoms. The summed E-state index contributed by atoms with van der Waals surface area (Å²) in [7, 11) is 0. The second-order valence-electron chi connectivity index (χ2n) is 3.58. The van der Waals surface area contributed by atoms with Gasteiger partial charge < -0.3 is 5.32 Å². The van der Waals surface area contributed by atoms with Crippen molar-refractivity contribution in [1.29, 1.82) is 0 Å². The molecule has 86 valence electrons. The lowest BCUT2D eigenvalue weighted by Gasteiger charge is -2.05. The maximum atomic E-state index is 13.4. The number of hydrogen-bond acceptors (Lipinski definition) is 1. The molecule has 1 aromatic rings. The Labute approximate surface area is 95.2 Å². The molecule has 0 aromatic heterocycles. The monoisotopic (exact) mass is 221 g/mol. The minimum absolute atomic E-state index is 0.0769. The van der Waals surface area contributed by atoms with Crippen LogP contribution in [0, 0.1) is 5.82 Å². The Hall–Kier alpha value is -1.64. The van der Waals surface area contributed by atoms with E-state index in [4.69, 9.17) is 0 Å².